The molecule has 0 amide bonds. The predicted octanol–water partition coefficient (Wildman–Crippen LogP) is 7.57. The highest BCUT2D eigenvalue weighted by Gasteiger charge is 2.61. The number of rotatable bonds is 7. The van der Waals surface area contributed by atoms with Gasteiger partial charge in [0, 0.05) is 11.0 Å². The standard InChI is InChI=1S/C33H33FO4/c1-32(2)13-4-5-27(32)25-15-20(6-10-24(25)26-16-22(37-3)9-11-30(26)34)19-38-23-8-7-21-12-14-33(28(21)17-23)18-29(33)31(35)36/h5-11,15-17,29H,4,12-14,18-19H2,1-3H3,(H,35,36)/t29-,33-/m0/s1. The van der Waals surface area contributed by atoms with Crippen LogP contribution in [0.15, 0.2) is 60.7 Å². The van der Waals surface area contributed by atoms with Crippen molar-refractivity contribution in [2.45, 2.75) is 58.0 Å². The molecule has 196 valence electrons. The third kappa shape index (κ3) is 4.09. The van der Waals surface area contributed by atoms with Crippen molar-refractivity contribution >= 4 is 11.5 Å². The molecule has 1 spiro atoms. The van der Waals surface area contributed by atoms with Crippen LogP contribution in [0.4, 0.5) is 4.39 Å². The maximum absolute atomic E-state index is 15.0. The Balaban J connectivity index is 1.31. The van der Waals surface area contributed by atoms with Gasteiger partial charge in [0.05, 0.1) is 13.0 Å². The zero-order chi connectivity index (χ0) is 26.7. The average molecular weight is 513 g/mol. The highest BCUT2D eigenvalue weighted by Crippen LogP contribution is 2.62. The summed E-state index contributed by atoms with van der Waals surface area (Å²) in [6.45, 7) is 4.85. The zero-order valence-corrected chi connectivity index (χ0v) is 22.1. The van der Waals surface area contributed by atoms with Gasteiger partial charge in [0.25, 0.3) is 0 Å². The summed E-state index contributed by atoms with van der Waals surface area (Å²) < 4.78 is 26.7. The number of aliphatic carboxylic acids is 1. The maximum Gasteiger partial charge on any atom is 0.307 e. The Hall–Kier alpha value is -3.60. The number of halogens is 1. The van der Waals surface area contributed by atoms with Gasteiger partial charge >= 0.3 is 5.97 Å². The number of ether oxygens (including phenoxy) is 2. The molecular formula is C33H33FO4. The molecule has 3 aliphatic rings. The third-order valence-electron chi connectivity index (χ3n) is 8.92. The first-order valence-electron chi connectivity index (χ1n) is 13.4. The molecule has 2 atom stereocenters. The van der Waals surface area contributed by atoms with Gasteiger partial charge in [-0.3, -0.25) is 4.79 Å². The summed E-state index contributed by atoms with van der Waals surface area (Å²) in [5.41, 5.74) is 6.78. The summed E-state index contributed by atoms with van der Waals surface area (Å²) in [7, 11) is 1.59. The van der Waals surface area contributed by atoms with E-state index in [2.05, 4.69) is 38.1 Å². The van der Waals surface area contributed by atoms with Gasteiger partial charge in [-0.25, -0.2) is 4.39 Å². The lowest BCUT2D eigenvalue weighted by Gasteiger charge is -2.25. The van der Waals surface area contributed by atoms with Crippen molar-refractivity contribution < 1.29 is 23.8 Å². The normalized spacial score (nSPS) is 22.7. The Morgan fingerprint density at radius 2 is 1.82 bits per heavy atom. The molecule has 5 heteroatoms. The van der Waals surface area contributed by atoms with Crippen molar-refractivity contribution in [3.63, 3.8) is 0 Å². The van der Waals surface area contributed by atoms with Gasteiger partial charge in [0.15, 0.2) is 0 Å². The van der Waals surface area contributed by atoms with Crippen molar-refractivity contribution in [1.82, 2.24) is 0 Å². The molecule has 4 nitrogen and oxygen atoms in total. The van der Waals surface area contributed by atoms with E-state index >= 15 is 4.39 Å². The smallest absolute Gasteiger partial charge is 0.307 e. The van der Waals surface area contributed by atoms with E-state index in [0.29, 0.717) is 17.9 Å². The Morgan fingerprint density at radius 1 is 1.00 bits per heavy atom. The van der Waals surface area contributed by atoms with E-state index in [9.17, 15) is 9.90 Å². The molecule has 1 fully saturated rings. The van der Waals surface area contributed by atoms with E-state index in [-0.39, 0.29) is 22.6 Å². The van der Waals surface area contributed by atoms with Gasteiger partial charge in [0.1, 0.15) is 23.9 Å². The monoisotopic (exact) mass is 512 g/mol. The molecule has 0 heterocycles. The van der Waals surface area contributed by atoms with Gasteiger partial charge in [0.2, 0.25) is 0 Å². The summed E-state index contributed by atoms with van der Waals surface area (Å²) in [5, 5.41) is 9.56. The first-order chi connectivity index (χ1) is 18.2. The molecule has 1 N–H and O–H groups in total. The first kappa shape index (κ1) is 24.7. The van der Waals surface area contributed by atoms with Crippen LogP contribution in [0.5, 0.6) is 11.5 Å². The number of carboxylic acid groups (broad SMARTS) is 1. The number of carbonyl (C=O) groups is 1. The summed E-state index contributed by atoms with van der Waals surface area (Å²) in [6, 6.07) is 17.1. The molecule has 0 radical (unpaired) electrons. The zero-order valence-electron chi connectivity index (χ0n) is 22.1. The molecule has 0 unspecified atom stereocenters. The minimum atomic E-state index is -0.701. The lowest BCUT2D eigenvalue weighted by molar-refractivity contribution is -0.139. The molecule has 38 heavy (non-hydrogen) atoms. The van der Waals surface area contributed by atoms with E-state index < -0.39 is 5.97 Å². The molecule has 3 aromatic carbocycles. The minimum Gasteiger partial charge on any atom is -0.497 e. The van der Waals surface area contributed by atoms with Crippen LogP contribution >= 0.6 is 0 Å². The fraction of sp³-hybridized carbons (Fsp3) is 0.364. The highest BCUT2D eigenvalue weighted by molar-refractivity contribution is 5.85. The van der Waals surface area contributed by atoms with Gasteiger partial charge in [-0.15, -0.1) is 0 Å². The minimum absolute atomic E-state index is 0.0111. The van der Waals surface area contributed by atoms with Crippen LogP contribution in [0.3, 0.4) is 0 Å². The second-order valence-electron chi connectivity index (χ2n) is 11.6. The Labute approximate surface area is 223 Å². The lowest BCUT2D eigenvalue weighted by atomic mass is 9.79. The van der Waals surface area contributed by atoms with Crippen LogP contribution in [0.25, 0.3) is 16.7 Å². The summed E-state index contributed by atoms with van der Waals surface area (Å²) in [4.78, 5) is 11.6. The average Bonchev–Trinajstić information content (AvgIpc) is 3.39. The molecule has 0 aliphatic heterocycles. The van der Waals surface area contributed by atoms with Crippen LogP contribution < -0.4 is 9.47 Å². The number of aryl methyl sites for hydroxylation is 1. The highest BCUT2D eigenvalue weighted by atomic mass is 19.1. The van der Waals surface area contributed by atoms with Crippen molar-refractivity contribution in [2.24, 2.45) is 11.3 Å². The molecule has 3 aromatic rings. The Bertz CT molecular complexity index is 1470. The largest absolute Gasteiger partial charge is 0.497 e. The van der Waals surface area contributed by atoms with Crippen molar-refractivity contribution in [3.8, 4) is 22.6 Å². The van der Waals surface area contributed by atoms with E-state index in [0.717, 1.165) is 60.1 Å². The lowest BCUT2D eigenvalue weighted by Crippen LogP contribution is -2.12. The summed E-state index contributed by atoms with van der Waals surface area (Å²) in [6.07, 6.45) is 6.87. The molecule has 3 aliphatic carbocycles. The molecule has 6 rings (SSSR count). The first-order valence-corrected chi connectivity index (χ1v) is 13.4. The van der Waals surface area contributed by atoms with Crippen LogP contribution in [0.2, 0.25) is 0 Å². The van der Waals surface area contributed by atoms with Crippen molar-refractivity contribution in [3.05, 3.63) is 88.7 Å². The van der Waals surface area contributed by atoms with Crippen LogP contribution in [0, 0.1) is 17.2 Å². The molecule has 1 saturated carbocycles. The molecular weight excluding hydrogens is 479 g/mol. The third-order valence-corrected chi connectivity index (χ3v) is 8.92. The number of hydrogen-bond acceptors (Lipinski definition) is 3. The van der Waals surface area contributed by atoms with Gasteiger partial charge < -0.3 is 14.6 Å². The summed E-state index contributed by atoms with van der Waals surface area (Å²) >= 11 is 0. The molecule has 0 aromatic heterocycles. The number of carboxylic acids is 1. The fourth-order valence-electron chi connectivity index (χ4n) is 6.63. The number of fused-ring (bicyclic) bond motifs is 2. The van der Waals surface area contributed by atoms with Crippen molar-refractivity contribution in [1.29, 1.82) is 0 Å². The quantitative estimate of drug-likeness (QED) is 0.355. The van der Waals surface area contributed by atoms with Crippen LogP contribution in [0.1, 0.15) is 61.8 Å². The second kappa shape index (κ2) is 9.00. The summed E-state index contributed by atoms with van der Waals surface area (Å²) in [5.74, 6) is 0.113. The fourth-order valence-corrected chi connectivity index (χ4v) is 6.63. The van der Waals surface area contributed by atoms with E-state index in [1.165, 1.54) is 17.2 Å². The second-order valence-corrected chi connectivity index (χ2v) is 11.6. The number of methoxy groups -OCH3 is 1. The molecule has 0 saturated heterocycles. The SMILES string of the molecule is COc1ccc(F)c(-c2ccc(COc3ccc4c(c3)[C@]3(CC4)C[C@H]3C(=O)O)cc2C2=CCCC2(C)C)c1. The number of benzene rings is 3. The van der Waals surface area contributed by atoms with Crippen LogP contribution in [-0.4, -0.2) is 18.2 Å². The van der Waals surface area contributed by atoms with Gasteiger partial charge in [-0.2, -0.15) is 0 Å². The van der Waals surface area contributed by atoms with Crippen LogP contribution in [-0.2, 0) is 23.2 Å². The van der Waals surface area contributed by atoms with E-state index in [1.807, 2.05) is 18.2 Å². The van der Waals surface area contributed by atoms with Gasteiger partial charge in [-0.1, -0.05) is 38.1 Å². The Kier molecular flexibility index (Phi) is 5.86. The Morgan fingerprint density at radius 3 is 2.53 bits per heavy atom. The van der Waals surface area contributed by atoms with Crippen molar-refractivity contribution in [2.75, 3.05) is 7.11 Å². The van der Waals surface area contributed by atoms with E-state index in [4.69, 9.17) is 9.47 Å². The predicted molar refractivity (Wildman–Crippen MR) is 146 cm³/mol. The molecule has 0 bridgehead atoms. The number of allylic oxidation sites excluding steroid dienone is 2. The van der Waals surface area contributed by atoms with E-state index in [1.54, 1.807) is 19.2 Å². The van der Waals surface area contributed by atoms with Gasteiger partial charge in [-0.05, 0) is 107 Å². The number of hydrogen-bond donors (Lipinski definition) is 1. The topological polar surface area (TPSA) is 55.8 Å². The maximum atomic E-state index is 15.0.